The Bertz CT molecular complexity index is 776. The number of aliphatic hydroxyl groups is 1. The Balaban J connectivity index is 2.47. The van der Waals surface area contributed by atoms with Crippen LogP contribution in [0.15, 0.2) is 59.4 Å². The number of pyridine rings is 1. The van der Waals surface area contributed by atoms with Crippen molar-refractivity contribution >= 4 is 10.9 Å². The van der Waals surface area contributed by atoms with E-state index in [0.717, 1.165) is 22.0 Å². The lowest BCUT2D eigenvalue weighted by molar-refractivity contribution is 0.281. The van der Waals surface area contributed by atoms with Gasteiger partial charge in [0.15, 0.2) is 0 Å². The van der Waals surface area contributed by atoms with Crippen LogP contribution in [-0.2, 0) is 6.61 Å². The highest BCUT2D eigenvalue weighted by molar-refractivity contribution is 5.95. The Labute approximate surface area is 110 Å². The molecule has 3 nitrogen and oxygen atoms in total. The van der Waals surface area contributed by atoms with Gasteiger partial charge in [-0.2, -0.15) is 0 Å². The largest absolute Gasteiger partial charge is 0.391 e. The fourth-order valence-electron chi connectivity index (χ4n) is 2.37. The quantitative estimate of drug-likeness (QED) is 0.735. The number of nitrogens with one attached hydrogen (secondary N) is 1. The van der Waals surface area contributed by atoms with Crippen LogP contribution in [0.25, 0.3) is 22.0 Å². The lowest BCUT2D eigenvalue weighted by Crippen LogP contribution is -2.14. The third-order valence-electron chi connectivity index (χ3n) is 3.24. The number of rotatable bonds is 2. The minimum atomic E-state index is -0.273. The number of aliphatic hydroxyl groups excluding tert-OH is 1. The first-order valence-corrected chi connectivity index (χ1v) is 6.11. The standard InChI is InChI=1S/C16H13NO2/c18-10-13-15(11-6-2-1-3-7-11)12-8-4-5-9-14(12)17-16(13)19/h1-9,18H,10H2,(H,17,19). The van der Waals surface area contributed by atoms with Crippen molar-refractivity contribution in [2.75, 3.05) is 0 Å². The van der Waals surface area contributed by atoms with Crippen LogP contribution in [-0.4, -0.2) is 10.1 Å². The van der Waals surface area contributed by atoms with Crippen LogP contribution in [0.2, 0.25) is 0 Å². The fraction of sp³-hybridized carbons (Fsp3) is 0.0625. The summed E-state index contributed by atoms with van der Waals surface area (Å²) in [5, 5.41) is 10.4. The molecule has 19 heavy (non-hydrogen) atoms. The summed E-state index contributed by atoms with van der Waals surface area (Å²) >= 11 is 0. The average Bonchev–Trinajstić information content (AvgIpc) is 2.46. The van der Waals surface area contributed by atoms with E-state index >= 15 is 0 Å². The van der Waals surface area contributed by atoms with Gasteiger partial charge < -0.3 is 10.1 Å². The molecule has 3 rings (SSSR count). The minimum Gasteiger partial charge on any atom is -0.391 e. The van der Waals surface area contributed by atoms with Gasteiger partial charge in [-0.05, 0) is 11.6 Å². The molecule has 3 heteroatoms. The highest BCUT2D eigenvalue weighted by Crippen LogP contribution is 2.29. The van der Waals surface area contributed by atoms with E-state index in [4.69, 9.17) is 0 Å². The molecule has 0 radical (unpaired) electrons. The van der Waals surface area contributed by atoms with Gasteiger partial charge in [0.1, 0.15) is 0 Å². The van der Waals surface area contributed by atoms with Crippen molar-refractivity contribution in [2.24, 2.45) is 0 Å². The Morgan fingerprint density at radius 2 is 1.63 bits per heavy atom. The van der Waals surface area contributed by atoms with Gasteiger partial charge in [-0.25, -0.2) is 0 Å². The van der Waals surface area contributed by atoms with Crippen LogP contribution >= 0.6 is 0 Å². The second-order valence-corrected chi connectivity index (χ2v) is 4.38. The molecule has 0 bridgehead atoms. The van der Waals surface area contributed by atoms with Gasteiger partial charge in [0.2, 0.25) is 0 Å². The molecule has 1 aromatic heterocycles. The number of hydrogen-bond donors (Lipinski definition) is 2. The molecule has 0 fully saturated rings. The van der Waals surface area contributed by atoms with Crippen molar-refractivity contribution in [3.8, 4) is 11.1 Å². The first-order chi connectivity index (χ1) is 9.31. The van der Waals surface area contributed by atoms with Gasteiger partial charge in [-0.15, -0.1) is 0 Å². The molecule has 0 aliphatic heterocycles. The Morgan fingerprint density at radius 1 is 0.947 bits per heavy atom. The van der Waals surface area contributed by atoms with E-state index in [0.29, 0.717) is 5.56 Å². The fourth-order valence-corrected chi connectivity index (χ4v) is 2.37. The lowest BCUT2D eigenvalue weighted by atomic mass is 9.96. The van der Waals surface area contributed by atoms with Gasteiger partial charge in [0.25, 0.3) is 5.56 Å². The molecule has 1 heterocycles. The van der Waals surface area contributed by atoms with E-state index < -0.39 is 0 Å². The van der Waals surface area contributed by atoms with Crippen molar-refractivity contribution in [3.05, 3.63) is 70.5 Å². The molecule has 0 spiro atoms. The molecule has 2 N–H and O–H groups in total. The van der Waals surface area contributed by atoms with Crippen molar-refractivity contribution in [3.63, 3.8) is 0 Å². The average molecular weight is 251 g/mol. The summed E-state index contributed by atoms with van der Waals surface area (Å²) in [6, 6.07) is 17.3. The monoisotopic (exact) mass is 251 g/mol. The van der Waals surface area contributed by atoms with E-state index in [2.05, 4.69) is 4.98 Å². The first-order valence-electron chi connectivity index (χ1n) is 6.11. The number of aromatic amines is 1. The summed E-state index contributed by atoms with van der Waals surface area (Å²) < 4.78 is 0. The Morgan fingerprint density at radius 3 is 2.37 bits per heavy atom. The summed E-state index contributed by atoms with van der Waals surface area (Å²) in [5.74, 6) is 0. The molecule has 2 aromatic carbocycles. The molecule has 3 aromatic rings. The lowest BCUT2D eigenvalue weighted by Gasteiger charge is -2.11. The van der Waals surface area contributed by atoms with Crippen LogP contribution in [0.1, 0.15) is 5.56 Å². The first kappa shape index (κ1) is 11.7. The molecule has 0 saturated carbocycles. The summed E-state index contributed by atoms with van der Waals surface area (Å²) in [6.45, 7) is -0.273. The molecule has 0 amide bonds. The Kier molecular flexibility index (Phi) is 2.89. The topological polar surface area (TPSA) is 53.1 Å². The van der Waals surface area contributed by atoms with Crippen molar-refractivity contribution in [1.82, 2.24) is 4.98 Å². The van der Waals surface area contributed by atoms with E-state index in [9.17, 15) is 9.90 Å². The smallest absolute Gasteiger partial charge is 0.254 e. The molecule has 0 unspecified atom stereocenters. The minimum absolute atomic E-state index is 0.236. The van der Waals surface area contributed by atoms with Gasteiger partial charge in [-0.1, -0.05) is 48.5 Å². The number of para-hydroxylation sites is 1. The van der Waals surface area contributed by atoms with Crippen molar-refractivity contribution in [2.45, 2.75) is 6.61 Å². The number of H-pyrrole nitrogens is 1. The molecular formula is C16H13NO2. The summed E-state index contributed by atoms with van der Waals surface area (Å²) in [6.07, 6.45) is 0. The highest BCUT2D eigenvalue weighted by Gasteiger charge is 2.12. The maximum absolute atomic E-state index is 12.0. The molecule has 0 saturated heterocycles. The second-order valence-electron chi connectivity index (χ2n) is 4.38. The second kappa shape index (κ2) is 4.71. The van der Waals surface area contributed by atoms with Crippen molar-refractivity contribution in [1.29, 1.82) is 0 Å². The number of fused-ring (bicyclic) bond motifs is 1. The molecule has 94 valence electrons. The van der Waals surface area contributed by atoms with E-state index in [1.54, 1.807) is 0 Å². The highest BCUT2D eigenvalue weighted by atomic mass is 16.3. The summed E-state index contributed by atoms with van der Waals surface area (Å²) in [5.41, 5.74) is 2.70. The number of aromatic nitrogens is 1. The van der Waals surface area contributed by atoms with E-state index in [1.807, 2.05) is 54.6 Å². The molecule has 0 aliphatic carbocycles. The molecular weight excluding hydrogens is 238 g/mol. The normalized spacial score (nSPS) is 10.8. The SMILES string of the molecule is O=c1[nH]c2ccccc2c(-c2ccccc2)c1CO. The Hall–Kier alpha value is -2.39. The maximum atomic E-state index is 12.0. The number of hydrogen-bond acceptors (Lipinski definition) is 2. The predicted molar refractivity (Wildman–Crippen MR) is 75.9 cm³/mol. The van der Waals surface area contributed by atoms with Gasteiger partial charge in [0.05, 0.1) is 12.2 Å². The third kappa shape index (κ3) is 1.94. The zero-order chi connectivity index (χ0) is 13.2. The maximum Gasteiger partial charge on any atom is 0.254 e. The zero-order valence-electron chi connectivity index (χ0n) is 10.3. The molecule has 0 aliphatic rings. The van der Waals surface area contributed by atoms with Crippen LogP contribution in [0, 0.1) is 0 Å². The summed E-state index contributed by atoms with van der Waals surface area (Å²) in [7, 11) is 0. The van der Waals surface area contributed by atoms with Crippen LogP contribution in [0.3, 0.4) is 0 Å². The van der Waals surface area contributed by atoms with E-state index in [-0.39, 0.29) is 12.2 Å². The molecule has 0 atom stereocenters. The van der Waals surface area contributed by atoms with Gasteiger partial charge >= 0.3 is 0 Å². The number of benzene rings is 2. The van der Waals surface area contributed by atoms with Crippen molar-refractivity contribution < 1.29 is 5.11 Å². The predicted octanol–water partition coefficient (Wildman–Crippen LogP) is 2.69. The van der Waals surface area contributed by atoms with E-state index in [1.165, 1.54) is 0 Å². The zero-order valence-corrected chi connectivity index (χ0v) is 10.3. The third-order valence-corrected chi connectivity index (χ3v) is 3.24. The summed E-state index contributed by atoms with van der Waals surface area (Å²) in [4.78, 5) is 14.8. The van der Waals surface area contributed by atoms with Crippen LogP contribution in [0.4, 0.5) is 0 Å². The van der Waals surface area contributed by atoms with Crippen LogP contribution in [0.5, 0.6) is 0 Å². The van der Waals surface area contributed by atoms with Crippen LogP contribution < -0.4 is 5.56 Å². The van der Waals surface area contributed by atoms with Gasteiger partial charge in [0, 0.05) is 16.5 Å². The van der Waals surface area contributed by atoms with Gasteiger partial charge in [-0.3, -0.25) is 4.79 Å².